The molecule has 2 aromatic heterocycles. The summed E-state index contributed by atoms with van der Waals surface area (Å²) in [6, 6.07) is 5.80. The van der Waals surface area contributed by atoms with Crippen molar-refractivity contribution in [3.05, 3.63) is 47.0 Å². The van der Waals surface area contributed by atoms with Crippen molar-refractivity contribution in [3.63, 3.8) is 0 Å². The first kappa shape index (κ1) is 19.6. The number of morpholine rings is 1. The average Bonchev–Trinajstić information content (AvgIpc) is 3.34. The highest BCUT2D eigenvalue weighted by Crippen LogP contribution is 2.18. The molecule has 30 heavy (non-hydrogen) atoms. The van der Waals surface area contributed by atoms with Crippen LogP contribution in [-0.2, 0) is 11.3 Å². The molecule has 3 aromatic rings. The maximum Gasteiger partial charge on any atom is 0.293 e. The second-order valence-corrected chi connectivity index (χ2v) is 6.41. The first-order valence-corrected chi connectivity index (χ1v) is 9.04. The van der Waals surface area contributed by atoms with E-state index in [2.05, 4.69) is 40.7 Å². The molecule has 0 bridgehead atoms. The van der Waals surface area contributed by atoms with Crippen molar-refractivity contribution in [2.45, 2.75) is 6.54 Å². The van der Waals surface area contributed by atoms with Crippen LogP contribution < -0.4 is 11.2 Å². The Labute approximate surface area is 169 Å². The number of rotatable bonds is 6. The van der Waals surface area contributed by atoms with Gasteiger partial charge in [-0.05, 0) is 28.0 Å². The summed E-state index contributed by atoms with van der Waals surface area (Å²) in [5, 5.41) is 19.1. The smallest absolute Gasteiger partial charge is 0.293 e. The molecule has 0 aliphatic carbocycles. The quantitative estimate of drug-likeness (QED) is 0.418. The van der Waals surface area contributed by atoms with Crippen LogP contribution in [0.3, 0.4) is 0 Å². The van der Waals surface area contributed by atoms with E-state index in [4.69, 9.17) is 10.5 Å². The summed E-state index contributed by atoms with van der Waals surface area (Å²) >= 11 is 0. The number of anilines is 1. The van der Waals surface area contributed by atoms with Crippen molar-refractivity contribution in [2.75, 3.05) is 32.0 Å². The molecular weight excluding hydrogens is 397 g/mol. The van der Waals surface area contributed by atoms with Crippen LogP contribution in [0.25, 0.3) is 5.82 Å². The van der Waals surface area contributed by atoms with Crippen LogP contribution >= 0.6 is 0 Å². The number of nitrogen functional groups attached to an aromatic ring is 1. The normalized spacial score (nSPS) is 15.0. The topological polar surface area (TPSA) is 150 Å². The molecule has 3 N–H and O–H groups in total. The number of carbonyl (C=O) groups is 1. The van der Waals surface area contributed by atoms with Crippen LogP contribution in [0.4, 0.5) is 10.2 Å². The minimum absolute atomic E-state index is 0.0132. The second-order valence-electron chi connectivity index (χ2n) is 6.41. The molecule has 3 heterocycles. The molecule has 12 nitrogen and oxygen atoms in total. The van der Waals surface area contributed by atoms with Crippen molar-refractivity contribution in [1.82, 2.24) is 35.6 Å². The Morgan fingerprint density at radius 3 is 2.90 bits per heavy atom. The number of nitrogens with one attached hydrogen (secondary N) is 1. The lowest BCUT2D eigenvalue weighted by Crippen LogP contribution is -2.37. The molecule has 1 aliphatic rings. The van der Waals surface area contributed by atoms with E-state index in [9.17, 15) is 9.18 Å². The zero-order chi connectivity index (χ0) is 20.9. The SMILES string of the molecule is Nc1nonc1-n1nnc(C(=O)NN=Cc2cccc(F)c2)c1CN1CCOCC1. The van der Waals surface area contributed by atoms with Gasteiger partial charge in [-0.25, -0.2) is 14.4 Å². The molecule has 1 aromatic carbocycles. The fourth-order valence-electron chi connectivity index (χ4n) is 2.90. The summed E-state index contributed by atoms with van der Waals surface area (Å²) in [5.41, 5.74) is 9.13. The molecule has 1 saturated heterocycles. The molecule has 1 fully saturated rings. The number of nitrogens with zero attached hydrogens (tertiary/aromatic N) is 7. The number of aromatic nitrogens is 5. The predicted molar refractivity (Wildman–Crippen MR) is 101 cm³/mol. The Morgan fingerprint density at radius 1 is 1.33 bits per heavy atom. The zero-order valence-corrected chi connectivity index (χ0v) is 15.7. The molecule has 1 aliphatic heterocycles. The van der Waals surface area contributed by atoms with Crippen LogP contribution in [0.1, 0.15) is 21.7 Å². The second kappa shape index (κ2) is 8.75. The third-order valence-electron chi connectivity index (χ3n) is 4.38. The lowest BCUT2D eigenvalue weighted by molar-refractivity contribution is 0.0332. The monoisotopic (exact) mass is 415 g/mol. The summed E-state index contributed by atoms with van der Waals surface area (Å²) in [7, 11) is 0. The number of amides is 1. The molecule has 0 spiro atoms. The van der Waals surface area contributed by atoms with Crippen molar-refractivity contribution in [1.29, 1.82) is 0 Å². The van der Waals surface area contributed by atoms with Crippen molar-refractivity contribution >= 4 is 17.9 Å². The Kier molecular flexibility index (Phi) is 5.72. The van der Waals surface area contributed by atoms with Gasteiger partial charge in [0.1, 0.15) is 5.82 Å². The molecule has 0 unspecified atom stereocenters. The average molecular weight is 415 g/mol. The van der Waals surface area contributed by atoms with Crippen molar-refractivity contribution in [3.8, 4) is 5.82 Å². The summed E-state index contributed by atoms with van der Waals surface area (Å²) in [4.78, 5) is 14.8. The van der Waals surface area contributed by atoms with Gasteiger partial charge in [0.05, 0.1) is 25.1 Å². The summed E-state index contributed by atoms with van der Waals surface area (Å²) in [5.74, 6) is -0.848. The van der Waals surface area contributed by atoms with E-state index in [0.29, 0.717) is 44.1 Å². The number of hydrogen-bond acceptors (Lipinski definition) is 10. The number of benzene rings is 1. The van der Waals surface area contributed by atoms with Crippen molar-refractivity contribution in [2.24, 2.45) is 5.10 Å². The summed E-state index contributed by atoms with van der Waals surface area (Å²) in [6.45, 7) is 2.86. The molecule has 0 radical (unpaired) electrons. The Balaban J connectivity index is 1.57. The minimum atomic E-state index is -0.591. The van der Waals surface area contributed by atoms with Gasteiger partial charge in [0.15, 0.2) is 5.69 Å². The zero-order valence-electron chi connectivity index (χ0n) is 15.7. The number of ether oxygens (including phenoxy) is 1. The molecule has 1 amide bonds. The van der Waals surface area contributed by atoms with Gasteiger partial charge in [-0.1, -0.05) is 17.3 Å². The van der Waals surface area contributed by atoms with Crippen LogP contribution in [0.5, 0.6) is 0 Å². The standard InChI is InChI=1S/C17H18FN9O3/c18-12-3-1-2-11(8-12)9-20-22-17(28)14-13(10-26-4-6-29-7-5-26)27(25-21-14)16-15(19)23-30-24-16/h1-3,8-9H,4-7,10H2,(H2,19,23)(H,22,28). The number of nitrogens with two attached hydrogens (primary N) is 1. The van der Waals surface area contributed by atoms with Crippen LogP contribution in [-0.4, -0.2) is 68.6 Å². The molecule has 13 heteroatoms. The van der Waals surface area contributed by atoms with E-state index < -0.39 is 11.7 Å². The Hall–Kier alpha value is -3.71. The van der Waals surface area contributed by atoms with Gasteiger partial charge in [0.25, 0.3) is 5.91 Å². The van der Waals surface area contributed by atoms with Crippen LogP contribution in [0, 0.1) is 5.82 Å². The Morgan fingerprint density at radius 2 is 2.17 bits per heavy atom. The number of carbonyl (C=O) groups excluding carboxylic acids is 1. The van der Waals surface area contributed by atoms with Gasteiger partial charge in [-0.15, -0.1) is 5.10 Å². The van der Waals surface area contributed by atoms with Gasteiger partial charge >= 0.3 is 0 Å². The number of halogens is 1. The summed E-state index contributed by atoms with van der Waals surface area (Å²) < 4.78 is 24.6. The first-order valence-electron chi connectivity index (χ1n) is 9.04. The van der Waals surface area contributed by atoms with Gasteiger partial charge in [-0.2, -0.15) is 9.78 Å². The van der Waals surface area contributed by atoms with Gasteiger partial charge in [0.2, 0.25) is 11.6 Å². The molecule has 156 valence electrons. The third kappa shape index (κ3) is 4.31. The van der Waals surface area contributed by atoms with E-state index in [1.807, 2.05) is 0 Å². The highest BCUT2D eigenvalue weighted by Gasteiger charge is 2.26. The largest absolute Gasteiger partial charge is 0.379 e. The van der Waals surface area contributed by atoms with Gasteiger partial charge < -0.3 is 10.5 Å². The highest BCUT2D eigenvalue weighted by atomic mass is 19.1. The fourth-order valence-corrected chi connectivity index (χ4v) is 2.90. The molecule has 0 atom stereocenters. The lowest BCUT2D eigenvalue weighted by atomic mass is 10.2. The van der Waals surface area contributed by atoms with E-state index in [1.165, 1.54) is 23.0 Å². The molecule has 4 rings (SSSR count). The number of hydrogen-bond donors (Lipinski definition) is 2. The highest BCUT2D eigenvalue weighted by molar-refractivity contribution is 5.94. The lowest BCUT2D eigenvalue weighted by Gasteiger charge is -2.26. The minimum Gasteiger partial charge on any atom is -0.379 e. The molecular formula is C17H18FN9O3. The summed E-state index contributed by atoms with van der Waals surface area (Å²) in [6.07, 6.45) is 1.33. The van der Waals surface area contributed by atoms with Crippen molar-refractivity contribution < 1.29 is 18.6 Å². The molecule has 0 saturated carbocycles. The fraction of sp³-hybridized carbons (Fsp3) is 0.294. The maximum absolute atomic E-state index is 13.3. The van der Waals surface area contributed by atoms with Gasteiger partial charge in [-0.3, -0.25) is 9.69 Å². The van der Waals surface area contributed by atoms with E-state index >= 15 is 0 Å². The maximum atomic E-state index is 13.3. The predicted octanol–water partition coefficient (Wildman–Crippen LogP) is -0.0323. The van der Waals surface area contributed by atoms with Crippen LogP contribution in [0.15, 0.2) is 34.0 Å². The van der Waals surface area contributed by atoms with Gasteiger partial charge in [0, 0.05) is 19.6 Å². The van der Waals surface area contributed by atoms with E-state index in [1.54, 1.807) is 12.1 Å². The van der Waals surface area contributed by atoms with E-state index in [-0.39, 0.29) is 17.3 Å². The first-order chi connectivity index (χ1) is 14.6. The Bertz CT molecular complexity index is 1060. The van der Waals surface area contributed by atoms with Crippen LogP contribution in [0.2, 0.25) is 0 Å². The third-order valence-corrected chi connectivity index (χ3v) is 4.38. The number of hydrazone groups is 1. The van der Waals surface area contributed by atoms with E-state index in [0.717, 1.165) is 0 Å².